The second kappa shape index (κ2) is 7.39. The number of halogens is 1. The van der Waals surface area contributed by atoms with Crippen LogP contribution in [0.1, 0.15) is 25.3 Å². The first-order valence-corrected chi connectivity index (χ1v) is 10.6. The summed E-state index contributed by atoms with van der Waals surface area (Å²) in [6, 6.07) is 6.38. The van der Waals surface area contributed by atoms with E-state index in [4.69, 9.17) is 0 Å². The van der Waals surface area contributed by atoms with Gasteiger partial charge < -0.3 is 4.57 Å². The SMILES string of the molecule is CCCCn1cnc2c(SCc3ccc4nsc(Br)c4c3)ncnc21. The Morgan fingerprint density at radius 3 is 3.04 bits per heavy atom. The largest absolute Gasteiger partial charge is 0.315 e. The molecule has 0 bridgehead atoms. The normalized spacial score (nSPS) is 11.6. The molecule has 0 unspecified atom stereocenters. The number of aryl methyl sites for hydroxylation is 1. The smallest absolute Gasteiger partial charge is 0.164 e. The van der Waals surface area contributed by atoms with Gasteiger partial charge in [0.2, 0.25) is 0 Å². The lowest BCUT2D eigenvalue weighted by Crippen LogP contribution is -1.97. The lowest BCUT2D eigenvalue weighted by Gasteiger charge is -2.04. The number of benzene rings is 1. The lowest BCUT2D eigenvalue weighted by molar-refractivity contribution is 0.641. The van der Waals surface area contributed by atoms with Crippen molar-refractivity contribution in [3.8, 4) is 0 Å². The maximum atomic E-state index is 4.54. The molecule has 0 aliphatic heterocycles. The molecule has 5 nitrogen and oxygen atoms in total. The Morgan fingerprint density at radius 2 is 2.16 bits per heavy atom. The molecule has 1 aromatic carbocycles. The highest BCUT2D eigenvalue weighted by atomic mass is 79.9. The van der Waals surface area contributed by atoms with E-state index >= 15 is 0 Å². The molecule has 3 aromatic heterocycles. The molecule has 0 radical (unpaired) electrons. The summed E-state index contributed by atoms with van der Waals surface area (Å²) in [4.78, 5) is 13.4. The molecule has 0 saturated heterocycles. The number of imidazole rings is 1. The third kappa shape index (κ3) is 3.43. The van der Waals surface area contributed by atoms with Gasteiger partial charge in [-0.2, -0.15) is 4.37 Å². The minimum Gasteiger partial charge on any atom is -0.315 e. The third-order valence-electron chi connectivity index (χ3n) is 3.99. The minimum absolute atomic E-state index is 0.839. The Bertz CT molecular complexity index is 1030. The summed E-state index contributed by atoms with van der Waals surface area (Å²) in [6.45, 7) is 3.14. The summed E-state index contributed by atoms with van der Waals surface area (Å²) >= 11 is 6.75. The number of fused-ring (bicyclic) bond motifs is 2. The summed E-state index contributed by atoms with van der Waals surface area (Å²) in [7, 11) is 0. The van der Waals surface area contributed by atoms with E-state index in [2.05, 4.69) is 64.9 Å². The number of nitrogens with zero attached hydrogens (tertiary/aromatic N) is 5. The van der Waals surface area contributed by atoms with Crippen LogP contribution in [-0.4, -0.2) is 23.9 Å². The van der Waals surface area contributed by atoms with Crippen LogP contribution < -0.4 is 0 Å². The summed E-state index contributed by atoms with van der Waals surface area (Å²) in [5, 5.41) is 2.10. The van der Waals surface area contributed by atoms with Crippen LogP contribution in [-0.2, 0) is 12.3 Å². The summed E-state index contributed by atoms with van der Waals surface area (Å²) in [5.41, 5.74) is 4.09. The van der Waals surface area contributed by atoms with Gasteiger partial charge in [0, 0.05) is 17.7 Å². The van der Waals surface area contributed by atoms with Crippen LogP contribution in [0.2, 0.25) is 0 Å². The highest BCUT2D eigenvalue weighted by molar-refractivity contribution is 9.11. The molecule has 0 aliphatic carbocycles. The van der Waals surface area contributed by atoms with Gasteiger partial charge in [-0.25, -0.2) is 15.0 Å². The number of unbranched alkanes of at least 4 members (excludes halogenated alkanes) is 1. The molecule has 128 valence electrons. The average molecular weight is 434 g/mol. The van der Waals surface area contributed by atoms with Gasteiger partial charge in [-0.3, -0.25) is 0 Å². The number of thioether (sulfide) groups is 1. The van der Waals surface area contributed by atoms with Crippen molar-refractivity contribution in [2.45, 2.75) is 37.1 Å². The van der Waals surface area contributed by atoms with Gasteiger partial charge in [-0.15, -0.1) is 0 Å². The monoisotopic (exact) mass is 433 g/mol. The van der Waals surface area contributed by atoms with Crippen LogP contribution in [0.5, 0.6) is 0 Å². The predicted octanol–water partition coefficient (Wildman–Crippen LogP) is 5.29. The first kappa shape index (κ1) is 16.9. The van der Waals surface area contributed by atoms with Gasteiger partial charge in [0.15, 0.2) is 5.65 Å². The topological polar surface area (TPSA) is 56.5 Å². The van der Waals surface area contributed by atoms with E-state index in [1.54, 1.807) is 18.1 Å². The molecule has 0 amide bonds. The molecular weight excluding hydrogens is 418 g/mol. The average Bonchev–Trinajstić information content (AvgIpc) is 3.22. The van der Waals surface area contributed by atoms with Gasteiger partial charge in [0.05, 0.1) is 15.6 Å². The summed E-state index contributed by atoms with van der Waals surface area (Å²) < 4.78 is 7.59. The summed E-state index contributed by atoms with van der Waals surface area (Å²) in [6.07, 6.45) is 5.79. The zero-order valence-electron chi connectivity index (χ0n) is 13.6. The van der Waals surface area contributed by atoms with E-state index in [1.165, 1.54) is 22.5 Å². The second-order valence-corrected chi connectivity index (χ2v) is 8.79. The number of rotatable bonds is 6. The molecule has 0 N–H and O–H groups in total. The molecule has 0 aliphatic rings. The van der Waals surface area contributed by atoms with Crippen molar-refractivity contribution in [1.82, 2.24) is 23.9 Å². The highest BCUT2D eigenvalue weighted by Gasteiger charge is 2.11. The fourth-order valence-electron chi connectivity index (χ4n) is 2.66. The van der Waals surface area contributed by atoms with Crippen LogP contribution in [0.15, 0.2) is 39.7 Å². The molecular formula is C17H16BrN5S2. The fourth-order valence-corrected chi connectivity index (χ4v) is 4.68. The van der Waals surface area contributed by atoms with Crippen molar-refractivity contribution in [1.29, 1.82) is 0 Å². The lowest BCUT2D eigenvalue weighted by atomic mass is 10.2. The van der Waals surface area contributed by atoms with Crippen molar-refractivity contribution in [2.75, 3.05) is 0 Å². The molecule has 0 fully saturated rings. The molecule has 4 aromatic rings. The van der Waals surface area contributed by atoms with Crippen LogP contribution in [0.3, 0.4) is 0 Å². The van der Waals surface area contributed by atoms with E-state index in [1.807, 2.05) is 6.33 Å². The van der Waals surface area contributed by atoms with Crippen molar-refractivity contribution in [3.05, 3.63) is 40.2 Å². The van der Waals surface area contributed by atoms with Gasteiger partial charge in [-0.1, -0.05) is 31.2 Å². The maximum absolute atomic E-state index is 4.54. The molecule has 0 atom stereocenters. The number of hydrogen-bond donors (Lipinski definition) is 0. The third-order valence-corrected chi connectivity index (χ3v) is 6.57. The molecule has 3 heterocycles. The van der Waals surface area contributed by atoms with Crippen molar-refractivity contribution in [3.63, 3.8) is 0 Å². The number of aromatic nitrogens is 5. The van der Waals surface area contributed by atoms with Gasteiger partial charge in [0.25, 0.3) is 0 Å². The first-order valence-electron chi connectivity index (χ1n) is 8.08. The van der Waals surface area contributed by atoms with Gasteiger partial charge in [0.1, 0.15) is 16.9 Å². The van der Waals surface area contributed by atoms with E-state index in [0.717, 1.165) is 50.6 Å². The standard InChI is InChI=1S/C17H16BrN5S2/c1-2-3-6-23-10-21-14-16(23)19-9-20-17(14)24-8-11-4-5-13-12(7-11)15(18)25-22-13/h4-5,7,9-10H,2-3,6,8H2,1H3. The van der Waals surface area contributed by atoms with Crippen molar-refractivity contribution >= 4 is 61.3 Å². The Kier molecular flexibility index (Phi) is 5.00. The molecule has 8 heteroatoms. The maximum Gasteiger partial charge on any atom is 0.164 e. The highest BCUT2D eigenvalue weighted by Crippen LogP contribution is 2.31. The first-order chi connectivity index (χ1) is 12.3. The zero-order valence-corrected chi connectivity index (χ0v) is 16.9. The second-order valence-electron chi connectivity index (χ2n) is 5.74. The van der Waals surface area contributed by atoms with Crippen molar-refractivity contribution < 1.29 is 0 Å². The summed E-state index contributed by atoms with van der Waals surface area (Å²) in [5.74, 6) is 0.839. The van der Waals surface area contributed by atoms with Gasteiger partial charge >= 0.3 is 0 Å². The van der Waals surface area contributed by atoms with E-state index in [9.17, 15) is 0 Å². The Hall–Kier alpha value is -1.51. The minimum atomic E-state index is 0.839. The Labute approximate surface area is 162 Å². The fraction of sp³-hybridized carbons (Fsp3) is 0.294. The van der Waals surface area contributed by atoms with Crippen LogP contribution in [0.25, 0.3) is 22.1 Å². The Morgan fingerprint density at radius 1 is 1.24 bits per heavy atom. The molecule has 25 heavy (non-hydrogen) atoms. The molecule has 0 spiro atoms. The van der Waals surface area contributed by atoms with E-state index in [0.29, 0.717) is 0 Å². The quantitative estimate of drug-likeness (QED) is 0.305. The molecule has 0 saturated carbocycles. The van der Waals surface area contributed by atoms with E-state index < -0.39 is 0 Å². The van der Waals surface area contributed by atoms with Crippen molar-refractivity contribution in [2.24, 2.45) is 0 Å². The van der Waals surface area contributed by atoms with Crippen LogP contribution >= 0.6 is 39.2 Å². The Balaban J connectivity index is 1.57. The van der Waals surface area contributed by atoms with Crippen LogP contribution in [0.4, 0.5) is 0 Å². The van der Waals surface area contributed by atoms with E-state index in [-0.39, 0.29) is 0 Å². The number of hydrogen-bond acceptors (Lipinski definition) is 6. The molecule has 4 rings (SSSR count). The zero-order chi connectivity index (χ0) is 17.2. The van der Waals surface area contributed by atoms with Gasteiger partial charge in [-0.05, 0) is 51.6 Å². The van der Waals surface area contributed by atoms with Crippen LogP contribution in [0, 0.1) is 0 Å². The predicted molar refractivity (Wildman–Crippen MR) is 107 cm³/mol.